The van der Waals surface area contributed by atoms with Crippen LogP contribution in [0.3, 0.4) is 0 Å². The summed E-state index contributed by atoms with van der Waals surface area (Å²) in [7, 11) is 0. The standard InChI is InChI=1S/C17H18FN5O3/c1-9(2)16-21-15(22-26-16)13-7-25-4-3-23(13)17(24)11-5-10(18)6-12-14(11)20-8-19-12/h5-6,8-9,13H,3-4,7H2,1-2H3,(H,19,20). The van der Waals surface area contributed by atoms with Gasteiger partial charge in [-0.15, -0.1) is 0 Å². The molecule has 1 amide bonds. The maximum Gasteiger partial charge on any atom is 0.257 e. The zero-order valence-electron chi connectivity index (χ0n) is 14.4. The molecule has 1 aromatic carbocycles. The van der Waals surface area contributed by atoms with Gasteiger partial charge in [0.15, 0.2) is 5.82 Å². The number of morpholine rings is 1. The summed E-state index contributed by atoms with van der Waals surface area (Å²) in [5.41, 5.74) is 1.10. The summed E-state index contributed by atoms with van der Waals surface area (Å²) in [6.45, 7) is 4.87. The van der Waals surface area contributed by atoms with Crippen LogP contribution in [0.15, 0.2) is 23.0 Å². The molecular weight excluding hydrogens is 341 g/mol. The summed E-state index contributed by atoms with van der Waals surface area (Å²) in [5, 5.41) is 4.00. The van der Waals surface area contributed by atoms with E-state index in [1.807, 2.05) is 13.8 Å². The van der Waals surface area contributed by atoms with Gasteiger partial charge in [-0.25, -0.2) is 9.37 Å². The highest BCUT2D eigenvalue weighted by Gasteiger charge is 2.34. The van der Waals surface area contributed by atoms with Gasteiger partial charge in [0, 0.05) is 12.5 Å². The molecule has 1 aliphatic rings. The van der Waals surface area contributed by atoms with Gasteiger partial charge in [0.2, 0.25) is 5.89 Å². The number of rotatable bonds is 3. The van der Waals surface area contributed by atoms with Crippen LogP contribution in [-0.4, -0.2) is 50.7 Å². The molecular formula is C17H18FN5O3. The lowest BCUT2D eigenvalue weighted by Gasteiger charge is -2.33. The number of amides is 1. The largest absolute Gasteiger partial charge is 0.377 e. The van der Waals surface area contributed by atoms with Crippen molar-refractivity contribution in [2.75, 3.05) is 19.8 Å². The van der Waals surface area contributed by atoms with Gasteiger partial charge >= 0.3 is 0 Å². The molecule has 0 spiro atoms. The van der Waals surface area contributed by atoms with E-state index in [9.17, 15) is 9.18 Å². The Morgan fingerprint density at radius 1 is 1.42 bits per heavy atom. The van der Waals surface area contributed by atoms with E-state index in [2.05, 4.69) is 20.1 Å². The number of aromatic nitrogens is 4. The van der Waals surface area contributed by atoms with E-state index in [0.717, 1.165) is 0 Å². The fourth-order valence-corrected chi connectivity index (χ4v) is 3.01. The van der Waals surface area contributed by atoms with E-state index >= 15 is 0 Å². The molecule has 4 rings (SSSR count). The maximum absolute atomic E-state index is 13.9. The quantitative estimate of drug-likeness (QED) is 0.771. The van der Waals surface area contributed by atoms with Gasteiger partial charge < -0.3 is 19.1 Å². The second-order valence-electron chi connectivity index (χ2n) is 6.49. The molecule has 1 saturated heterocycles. The first-order chi connectivity index (χ1) is 12.5. The summed E-state index contributed by atoms with van der Waals surface area (Å²) in [6, 6.07) is 2.02. The highest BCUT2D eigenvalue weighted by molar-refractivity contribution is 6.05. The van der Waals surface area contributed by atoms with Gasteiger partial charge in [-0.3, -0.25) is 4.79 Å². The molecule has 8 nitrogen and oxygen atoms in total. The van der Waals surface area contributed by atoms with Crippen molar-refractivity contribution in [2.45, 2.75) is 25.8 Å². The Hall–Kier alpha value is -2.81. The first-order valence-electron chi connectivity index (χ1n) is 8.39. The van der Waals surface area contributed by atoms with Crippen LogP contribution < -0.4 is 0 Å². The number of halogens is 1. The van der Waals surface area contributed by atoms with Gasteiger partial charge in [0.1, 0.15) is 17.4 Å². The number of nitrogens with one attached hydrogen (secondary N) is 1. The fraction of sp³-hybridized carbons (Fsp3) is 0.412. The topological polar surface area (TPSA) is 97.1 Å². The van der Waals surface area contributed by atoms with Gasteiger partial charge in [-0.2, -0.15) is 4.98 Å². The third kappa shape index (κ3) is 2.84. The Labute approximate surface area is 148 Å². The molecule has 1 unspecified atom stereocenters. The van der Waals surface area contributed by atoms with Crippen LogP contribution in [0.25, 0.3) is 11.0 Å². The third-order valence-corrected chi connectivity index (χ3v) is 4.36. The van der Waals surface area contributed by atoms with E-state index in [4.69, 9.17) is 9.26 Å². The molecule has 26 heavy (non-hydrogen) atoms. The van der Waals surface area contributed by atoms with E-state index in [1.54, 1.807) is 4.90 Å². The van der Waals surface area contributed by atoms with Crippen LogP contribution >= 0.6 is 0 Å². The molecule has 1 atom stereocenters. The summed E-state index contributed by atoms with van der Waals surface area (Å²) in [4.78, 5) is 26.1. The van der Waals surface area contributed by atoms with Crippen LogP contribution in [0.4, 0.5) is 4.39 Å². The number of ether oxygens (including phenoxy) is 1. The molecule has 9 heteroatoms. The molecule has 3 aromatic rings. The maximum atomic E-state index is 13.9. The summed E-state index contributed by atoms with van der Waals surface area (Å²) >= 11 is 0. The number of benzene rings is 1. The Morgan fingerprint density at radius 2 is 2.27 bits per heavy atom. The van der Waals surface area contributed by atoms with Gasteiger partial charge in [0.05, 0.1) is 30.6 Å². The van der Waals surface area contributed by atoms with E-state index in [-0.39, 0.29) is 24.0 Å². The smallest absolute Gasteiger partial charge is 0.257 e. The number of carbonyl (C=O) groups excluding carboxylic acids is 1. The normalized spacial score (nSPS) is 18.0. The second-order valence-corrected chi connectivity index (χ2v) is 6.49. The lowest BCUT2D eigenvalue weighted by Crippen LogP contribution is -2.44. The number of carbonyl (C=O) groups is 1. The number of hydrogen-bond acceptors (Lipinski definition) is 6. The molecule has 1 aliphatic heterocycles. The highest BCUT2D eigenvalue weighted by atomic mass is 19.1. The van der Waals surface area contributed by atoms with E-state index < -0.39 is 11.9 Å². The summed E-state index contributed by atoms with van der Waals surface area (Å²) in [6.07, 6.45) is 1.44. The zero-order valence-corrected chi connectivity index (χ0v) is 14.4. The van der Waals surface area contributed by atoms with Crippen molar-refractivity contribution in [1.29, 1.82) is 0 Å². The van der Waals surface area contributed by atoms with Crippen molar-refractivity contribution >= 4 is 16.9 Å². The minimum absolute atomic E-state index is 0.0804. The summed E-state index contributed by atoms with van der Waals surface area (Å²) < 4.78 is 24.7. The van der Waals surface area contributed by atoms with E-state index in [1.165, 1.54) is 18.5 Å². The predicted molar refractivity (Wildman–Crippen MR) is 89.0 cm³/mol. The van der Waals surface area contributed by atoms with Crippen molar-refractivity contribution in [3.63, 3.8) is 0 Å². The monoisotopic (exact) mass is 359 g/mol. The van der Waals surface area contributed by atoms with Crippen LogP contribution in [0, 0.1) is 5.82 Å². The lowest BCUT2D eigenvalue weighted by molar-refractivity contribution is -0.00569. The highest BCUT2D eigenvalue weighted by Crippen LogP contribution is 2.27. The number of hydrogen-bond donors (Lipinski definition) is 1. The number of H-pyrrole nitrogens is 1. The number of fused-ring (bicyclic) bond motifs is 1. The van der Waals surface area contributed by atoms with Crippen molar-refractivity contribution < 1.29 is 18.4 Å². The van der Waals surface area contributed by atoms with Crippen LogP contribution in [-0.2, 0) is 4.74 Å². The predicted octanol–water partition coefficient (Wildman–Crippen LogP) is 2.42. The lowest BCUT2D eigenvalue weighted by atomic mass is 10.1. The van der Waals surface area contributed by atoms with Gasteiger partial charge in [-0.05, 0) is 12.1 Å². The minimum atomic E-state index is -0.503. The van der Waals surface area contributed by atoms with Crippen LogP contribution in [0.2, 0.25) is 0 Å². The molecule has 136 valence electrons. The van der Waals surface area contributed by atoms with Crippen LogP contribution in [0.1, 0.15) is 47.9 Å². The molecule has 2 aromatic heterocycles. The molecule has 0 saturated carbocycles. The van der Waals surface area contributed by atoms with Crippen molar-refractivity contribution in [1.82, 2.24) is 25.0 Å². The van der Waals surface area contributed by atoms with Gasteiger partial charge in [-0.1, -0.05) is 19.0 Å². The first-order valence-corrected chi connectivity index (χ1v) is 8.39. The third-order valence-electron chi connectivity index (χ3n) is 4.36. The molecule has 0 radical (unpaired) electrons. The SMILES string of the molecule is CC(C)c1nc(C2COCCN2C(=O)c2cc(F)cc3[nH]cnc23)no1. The van der Waals surface area contributed by atoms with Crippen molar-refractivity contribution in [3.05, 3.63) is 41.6 Å². The number of imidazole rings is 1. The number of aromatic amines is 1. The fourth-order valence-electron chi connectivity index (χ4n) is 3.01. The Kier molecular flexibility index (Phi) is 4.15. The second kappa shape index (κ2) is 6.49. The van der Waals surface area contributed by atoms with Gasteiger partial charge in [0.25, 0.3) is 5.91 Å². The average Bonchev–Trinajstić information content (AvgIpc) is 3.29. The minimum Gasteiger partial charge on any atom is -0.377 e. The first kappa shape index (κ1) is 16.6. The molecule has 1 fully saturated rings. The molecule has 0 aliphatic carbocycles. The van der Waals surface area contributed by atoms with E-state index in [0.29, 0.717) is 35.9 Å². The zero-order chi connectivity index (χ0) is 18.3. The van der Waals surface area contributed by atoms with Crippen molar-refractivity contribution in [3.8, 4) is 0 Å². The Bertz CT molecular complexity index is 951. The van der Waals surface area contributed by atoms with Crippen molar-refractivity contribution in [2.24, 2.45) is 0 Å². The average molecular weight is 359 g/mol. The summed E-state index contributed by atoms with van der Waals surface area (Å²) in [5.74, 6) is 0.119. The Balaban J connectivity index is 1.71. The Morgan fingerprint density at radius 3 is 3.04 bits per heavy atom. The number of nitrogens with zero attached hydrogens (tertiary/aromatic N) is 4. The molecule has 1 N–H and O–H groups in total. The molecule has 3 heterocycles. The van der Waals surface area contributed by atoms with Crippen LogP contribution in [0.5, 0.6) is 0 Å². The molecule has 0 bridgehead atoms.